The van der Waals surface area contributed by atoms with Crippen LogP contribution < -0.4 is 10.2 Å². The molecule has 4 heteroatoms. The Hall–Kier alpha value is -2.10. The van der Waals surface area contributed by atoms with Gasteiger partial charge in [-0.3, -0.25) is 9.59 Å². The summed E-state index contributed by atoms with van der Waals surface area (Å²) >= 11 is 0. The van der Waals surface area contributed by atoms with Crippen LogP contribution in [0, 0.1) is 0 Å². The third kappa shape index (κ3) is 2.06. The molecule has 0 atom stereocenters. The minimum Gasteiger partial charge on any atom is -0.322 e. The summed E-state index contributed by atoms with van der Waals surface area (Å²) in [7, 11) is 0. The van der Waals surface area contributed by atoms with E-state index in [0.717, 1.165) is 23.4 Å². The number of hydrogen-bond acceptors (Lipinski definition) is 2. The number of nitrogens with one attached hydrogen (secondary N) is 1. The maximum Gasteiger partial charge on any atom is 0.247 e. The second-order valence-electron chi connectivity index (χ2n) is 3.92. The molecule has 88 valence electrons. The lowest BCUT2D eigenvalue weighted by Gasteiger charge is -2.15. The molecule has 1 aliphatic heterocycles. The second-order valence-corrected chi connectivity index (χ2v) is 3.92. The summed E-state index contributed by atoms with van der Waals surface area (Å²) in [4.78, 5) is 24.4. The van der Waals surface area contributed by atoms with Crippen LogP contribution in [-0.2, 0) is 16.0 Å². The minimum atomic E-state index is -0.236. The first-order valence-electron chi connectivity index (χ1n) is 5.47. The molecule has 1 heterocycles. The molecule has 2 amide bonds. The van der Waals surface area contributed by atoms with Gasteiger partial charge in [0.15, 0.2) is 0 Å². The molecule has 4 nitrogen and oxygen atoms in total. The molecule has 0 saturated carbocycles. The van der Waals surface area contributed by atoms with Crippen molar-refractivity contribution in [2.45, 2.75) is 13.3 Å². The van der Waals surface area contributed by atoms with Crippen LogP contribution in [0.4, 0.5) is 11.4 Å². The summed E-state index contributed by atoms with van der Waals surface area (Å²) in [6, 6.07) is 5.57. The largest absolute Gasteiger partial charge is 0.322 e. The van der Waals surface area contributed by atoms with E-state index in [1.807, 2.05) is 18.2 Å². The van der Waals surface area contributed by atoms with Crippen LogP contribution in [0.3, 0.4) is 0 Å². The van der Waals surface area contributed by atoms with Crippen LogP contribution in [0.2, 0.25) is 0 Å². The van der Waals surface area contributed by atoms with Gasteiger partial charge in [0.05, 0.1) is 0 Å². The number of carbonyl (C=O) groups is 2. The van der Waals surface area contributed by atoms with Crippen molar-refractivity contribution in [2.75, 3.05) is 16.8 Å². The number of benzene rings is 1. The molecular formula is C13H14N2O2. The van der Waals surface area contributed by atoms with Crippen LogP contribution in [0.1, 0.15) is 12.5 Å². The topological polar surface area (TPSA) is 49.4 Å². The van der Waals surface area contributed by atoms with E-state index in [-0.39, 0.29) is 11.8 Å². The van der Waals surface area contributed by atoms with Crippen molar-refractivity contribution >= 4 is 23.2 Å². The first-order chi connectivity index (χ1) is 8.13. The Morgan fingerprint density at radius 1 is 1.47 bits per heavy atom. The molecule has 2 rings (SSSR count). The van der Waals surface area contributed by atoms with Crippen LogP contribution in [0.5, 0.6) is 0 Å². The van der Waals surface area contributed by atoms with Crippen molar-refractivity contribution in [3.63, 3.8) is 0 Å². The Morgan fingerprint density at radius 2 is 2.24 bits per heavy atom. The molecule has 1 aromatic carbocycles. The SMILES string of the molecule is C=CC(=O)Nc1cccc2c1CCN2C(C)=O. The van der Waals surface area contributed by atoms with E-state index in [4.69, 9.17) is 0 Å². The number of anilines is 2. The number of carbonyl (C=O) groups excluding carboxylic acids is 2. The normalized spacial score (nSPS) is 13.1. The van der Waals surface area contributed by atoms with Gasteiger partial charge < -0.3 is 10.2 Å². The van der Waals surface area contributed by atoms with Gasteiger partial charge in [-0.15, -0.1) is 0 Å². The predicted molar refractivity (Wildman–Crippen MR) is 67.0 cm³/mol. The van der Waals surface area contributed by atoms with Gasteiger partial charge in [-0.05, 0) is 24.6 Å². The Morgan fingerprint density at radius 3 is 2.88 bits per heavy atom. The Kier molecular flexibility index (Phi) is 2.95. The van der Waals surface area contributed by atoms with E-state index in [9.17, 15) is 9.59 Å². The predicted octanol–water partition coefficient (Wildman–Crippen LogP) is 1.72. The van der Waals surface area contributed by atoms with Gasteiger partial charge >= 0.3 is 0 Å². The van der Waals surface area contributed by atoms with Crippen LogP contribution >= 0.6 is 0 Å². The lowest BCUT2D eigenvalue weighted by Crippen LogP contribution is -2.25. The summed E-state index contributed by atoms with van der Waals surface area (Å²) in [5.74, 6) is -0.212. The molecular weight excluding hydrogens is 216 g/mol. The average Bonchev–Trinajstić information content (AvgIpc) is 2.73. The standard InChI is InChI=1S/C13H14N2O2/c1-3-13(17)14-11-5-4-6-12-10(11)7-8-15(12)9(2)16/h3-6H,1,7-8H2,2H3,(H,14,17). The Labute approximate surface area is 99.9 Å². The first kappa shape index (κ1) is 11.4. The first-order valence-corrected chi connectivity index (χ1v) is 5.47. The number of amides is 2. The van der Waals surface area contributed by atoms with Gasteiger partial charge in [0.25, 0.3) is 0 Å². The third-order valence-corrected chi connectivity index (χ3v) is 2.85. The zero-order valence-electron chi connectivity index (χ0n) is 9.69. The van der Waals surface area contributed by atoms with Gasteiger partial charge in [0.1, 0.15) is 0 Å². The van der Waals surface area contributed by atoms with Gasteiger partial charge in [-0.25, -0.2) is 0 Å². The van der Waals surface area contributed by atoms with E-state index in [1.165, 1.54) is 6.08 Å². The molecule has 0 unspecified atom stereocenters. The lowest BCUT2D eigenvalue weighted by molar-refractivity contribution is -0.116. The van der Waals surface area contributed by atoms with Crippen molar-refractivity contribution in [1.82, 2.24) is 0 Å². The van der Waals surface area contributed by atoms with Crippen molar-refractivity contribution in [3.8, 4) is 0 Å². The van der Waals surface area contributed by atoms with Gasteiger partial charge in [-0.2, -0.15) is 0 Å². The molecule has 0 bridgehead atoms. The van der Waals surface area contributed by atoms with Crippen LogP contribution in [0.15, 0.2) is 30.9 Å². The smallest absolute Gasteiger partial charge is 0.247 e. The van der Waals surface area contributed by atoms with Crippen LogP contribution in [-0.4, -0.2) is 18.4 Å². The molecule has 17 heavy (non-hydrogen) atoms. The maximum atomic E-state index is 11.4. The molecule has 0 saturated heterocycles. The molecule has 0 radical (unpaired) electrons. The summed E-state index contributed by atoms with van der Waals surface area (Å²) in [5, 5.41) is 2.76. The third-order valence-electron chi connectivity index (χ3n) is 2.85. The quantitative estimate of drug-likeness (QED) is 0.786. The fourth-order valence-corrected chi connectivity index (χ4v) is 2.06. The van der Waals surface area contributed by atoms with Crippen LogP contribution in [0.25, 0.3) is 0 Å². The van der Waals surface area contributed by atoms with Gasteiger partial charge in [-0.1, -0.05) is 12.6 Å². The van der Waals surface area contributed by atoms with Crippen molar-refractivity contribution in [3.05, 3.63) is 36.4 Å². The van der Waals surface area contributed by atoms with Gasteiger partial charge in [0.2, 0.25) is 11.8 Å². The molecule has 0 aliphatic carbocycles. The highest BCUT2D eigenvalue weighted by molar-refractivity contribution is 6.01. The lowest BCUT2D eigenvalue weighted by atomic mass is 10.1. The van der Waals surface area contributed by atoms with Crippen molar-refractivity contribution < 1.29 is 9.59 Å². The van der Waals surface area contributed by atoms with Crippen molar-refractivity contribution in [1.29, 1.82) is 0 Å². The zero-order valence-corrected chi connectivity index (χ0v) is 9.69. The van der Waals surface area contributed by atoms with Gasteiger partial charge in [0, 0.05) is 30.4 Å². The van der Waals surface area contributed by atoms with Crippen molar-refractivity contribution in [2.24, 2.45) is 0 Å². The Bertz CT molecular complexity index is 494. The molecule has 1 aliphatic rings. The fraction of sp³-hybridized carbons (Fsp3) is 0.231. The monoisotopic (exact) mass is 230 g/mol. The number of fused-ring (bicyclic) bond motifs is 1. The number of hydrogen-bond donors (Lipinski definition) is 1. The molecule has 0 fully saturated rings. The number of nitrogens with zero attached hydrogens (tertiary/aromatic N) is 1. The highest BCUT2D eigenvalue weighted by Crippen LogP contribution is 2.33. The number of rotatable bonds is 2. The average molecular weight is 230 g/mol. The molecule has 0 aromatic heterocycles. The van der Waals surface area contributed by atoms with E-state index in [1.54, 1.807) is 11.8 Å². The fourth-order valence-electron chi connectivity index (χ4n) is 2.06. The highest BCUT2D eigenvalue weighted by Gasteiger charge is 2.24. The second kappa shape index (κ2) is 4.41. The zero-order chi connectivity index (χ0) is 12.4. The maximum absolute atomic E-state index is 11.4. The van der Waals surface area contributed by atoms with E-state index in [2.05, 4.69) is 11.9 Å². The van der Waals surface area contributed by atoms with E-state index >= 15 is 0 Å². The molecule has 1 N–H and O–H groups in total. The summed E-state index contributed by atoms with van der Waals surface area (Å²) in [6.45, 7) is 5.63. The van der Waals surface area contributed by atoms with E-state index in [0.29, 0.717) is 6.54 Å². The van der Waals surface area contributed by atoms with E-state index < -0.39 is 0 Å². The summed E-state index contributed by atoms with van der Waals surface area (Å²) < 4.78 is 0. The Balaban J connectivity index is 2.36. The summed E-state index contributed by atoms with van der Waals surface area (Å²) in [5.41, 5.74) is 2.66. The summed E-state index contributed by atoms with van der Waals surface area (Å²) in [6.07, 6.45) is 2.00. The minimum absolute atomic E-state index is 0.0240. The molecule has 1 aromatic rings. The molecule has 0 spiro atoms. The highest BCUT2D eigenvalue weighted by atomic mass is 16.2.